The van der Waals surface area contributed by atoms with Gasteiger partial charge in [0.25, 0.3) is 0 Å². The lowest BCUT2D eigenvalue weighted by atomic mass is 10.1. The van der Waals surface area contributed by atoms with Gasteiger partial charge in [-0.15, -0.1) is 0 Å². The predicted octanol–water partition coefficient (Wildman–Crippen LogP) is -1.79. The van der Waals surface area contributed by atoms with Crippen LogP contribution in [0.5, 0.6) is 0 Å². The third-order valence-corrected chi connectivity index (χ3v) is 1.04. The second-order valence-electron chi connectivity index (χ2n) is 1.98. The number of carbonyl (C=O) groups is 3. The zero-order valence-electron chi connectivity index (χ0n) is 6.06. The second-order valence-corrected chi connectivity index (χ2v) is 1.98. The van der Waals surface area contributed by atoms with Gasteiger partial charge in [0.15, 0.2) is 0 Å². The second kappa shape index (κ2) is 4.12. The van der Waals surface area contributed by atoms with Crippen LogP contribution in [0.1, 0.15) is 0 Å². The van der Waals surface area contributed by atoms with Gasteiger partial charge in [-0.1, -0.05) is 6.08 Å². The molecule has 0 unspecified atom stereocenters. The van der Waals surface area contributed by atoms with E-state index in [1.807, 2.05) is 0 Å². The van der Waals surface area contributed by atoms with Crippen molar-refractivity contribution in [1.82, 2.24) is 0 Å². The lowest BCUT2D eigenvalue weighted by molar-refractivity contribution is -0.131. The summed E-state index contributed by atoms with van der Waals surface area (Å²) < 4.78 is 0. The van der Waals surface area contributed by atoms with Gasteiger partial charge in [-0.05, 0) is 0 Å². The predicted molar refractivity (Wildman–Crippen MR) is 38.7 cm³/mol. The summed E-state index contributed by atoms with van der Waals surface area (Å²) in [6.07, 6.45) is 1.48. The number of carboxylic acids is 1. The maximum atomic E-state index is 10.4. The van der Waals surface area contributed by atoms with Gasteiger partial charge < -0.3 is 16.6 Å². The highest BCUT2D eigenvalue weighted by atomic mass is 16.4. The highest BCUT2D eigenvalue weighted by Crippen LogP contribution is 1.95. The molecule has 6 heteroatoms. The summed E-state index contributed by atoms with van der Waals surface area (Å²) in [6.45, 7) is 0. The van der Waals surface area contributed by atoms with E-state index in [1.54, 1.807) is 0 Å². The molecule has 0 radical (unpaired) electrons. The lowest BCUT2D eigenvalue weighted by Gasteiger charge is -2.00. The Bertz CT molecular complexity index is 232. The number of amides is 2. The summed E-state index contributed by atoms with van der Waals surface area (Å²) in [5.74, 6) is -4.58. The summed E-state index contributed by atoms with van der Waals surface area (Å²) in [6, 6.07) is 0. The van der Waals surface area contributed by atoms with Gasteiger partial charge in [0, 0.05) is 6.08 Å². The Balaban J connectivity index is 4.44. The monoisotopic (exact) mass is 172 g/mol. The van der Waals surface area contributed by atoms with Crippen LogP contribution in [0.25, 0.3) is 0 Å². The Morgan fingerprint density at radius 2 is 1.58 bits per heavy atom. The molecule has 0 aromatic rings. The number of rotatable bonds is 4. The van der Waals surface area contributed by atoms with Gasteiger partial charge in [-0.3, -0.25) is 9.59 Å². The Labute approximate surface area is 67.8 Å². The SMILES string of the molecule is NC(=O)C(C=CC(=O)O)C(N)=O. The van der Waals surface area contributed by atoms with Crippen molar-refractivity contribution in [3.05, 3.63) is 12.2 Å². The molecule has 0 spiro atoms. The Morgan fingerprint density at radius 3 is 1.83 bits per heavy atom. The summed E-state index contributed by atoms with van der Waals surface area (Å²) in [5, 5.41) is 8.13. The van der Waals surface area contributed by atoms with Crippen LogP contribution in [0.4, 0.5) is 0 Å². The van der Waals surface area contributed by atoms with Crippen molar-refractivity contribution in [2.75, 3.05) is 0 Å². The van der Waals surface area contributed by atoms with E-state index in [-0.39, 0.29) is 0 Å². The number of carbonyl (C=O) groups excluding carboxylic acids is 2. The standard InChI is InChI=1S/C6H8N2O4/c7-5(11)3(6(8)12)1-2-4(9)10/h1-3H,(H2,7,11)(H2,8,12)(H,9,10). The maximum Gasteiger partial charge on any atom is 0.328 e. The van der Waals surface area contributed by atoms with Gasteiger partial charge >= 0.3 is 5.97 Å². The molecule has 0 aromatic carbocycles. The van der Waals surface area contributed by atoms with Crippen LogP contribution in [0.3, 0.4) is 0 Å². The molecule has 0 saturated heterocycles. The number of nitrogens with two attached hydrogens (primary N) is 2. The van der Waals surface area contributed by atoms with E-state index >= 15 is 0 Å². The fourth-order valence-corrected chi connectivity index (χ4v) is 0.508. The van der Waals surface area contributed by atoms with Crippen LogP contribution in [0, 0.1) is 5.92 Å². The third-order valence-electron chi connectivity index (χ3n) is 1.04. The number of carboxylic acid groups (broad SMARTS) is 1. The van der Waals surface area contributed by atoms with Crippen molar-refractivity contribution in [2.24, 2.45) is 17.4 Å². The van der Waals surface area contributed by atoms with Crippen LogP contribution in [-0.4, -0.2) is 22.9 Å². The van der Waals surface area contributed by atoms with E-state index < -0.39 is 23.7 Å². The minimum atomic E-state index is -1.36. The van der Waals surface area contributed by atoms with Gasteiger partial charge in [-0.25, -0.2) is 4.79 Å². The van der Waals surface area contributed by atoms with Crippen molar-refractivity contribution in [2.45, 2.75) is 0 Å². The Kier molecular flexibility index (Phi) is 3.48. The van der Waals surface area contributed by atoms with Crippen molar-refractivity contribution in [3.63, 3.8) is 0 Å². The quantitative estimate of drug-likeness (QED) is 0.342. The molecule has 0 aliphatic carbocycles. The average Bonchev–Trinajstić information content (AvgIpc) is 1.84. The molecular formula is C6H8N2O4. The number of aliphatic carboxylic acids is 1. The molecule has 0 heterocycles. The van der Waals surface area contributed by atoms with Crippen LogP contribution in [0.2, 0.25) is 0 Å². The maximum absolute atomic E-state index is 10.4. The van der Waals surface area contributed by atoms with Gasteiger partial charge in [0.2, 0.25) is 11.8 Å². The first-order valence-corrected chi connectivity index (χ1v) is 2.95. The highest BCUT2D eigenvalue weighted by Gasteiger charge is 2.17. The topological polar surface area (TPSA) is 123 Å². The van der Waals surface area contributed by atoms with Crippen molar-refractivity contribution in [3.8, 4) is 0 Å². The molecule has 12 heavy (non-hydrogen) atoms. The van der Waals surface area contributed by atoms with E-state index in [1.165, 1.54) is 0 Å². The van der Waals surface area contributed by atoms with Gasteiger partial charge in [-0.2, -0.15) is 0 Å². The minimum Gasteiger partial charge on any atom is -0.478 e. The average molecular weight is 172 g/mol. The molecule has 0 atom stereocenters. The summed E-state index contributed by atoms with van der Waals surface area (Å²) >= 11 is 0. The van der Waals surface area contributed by atoms with E-state index in [0.717, 1.165) is 6.08 Å². The van der Waals surface area contributed by atoms with Gasteiger partial charge in [0.1, 0.15) is 5.92 Å². The molecule has 0 fully saturated rings. The summed E-state index contributed by atoms with van der Waals surface area (Å²) in [4.78, 5) is 30.8. The van der Waals surface area contributed by atoms with Crippen LogP contribution in [0.15, 0.2) is 12.2 Å². The molecular weight excluding hydrogens is 164 g/mol. The first-order chi connectivity index (χ1) is 5.45. The van der Waals surface area contributed by atoms with Gasteiger partial charge in [0.05, 0.1) is 0 Å². The summed E-state index contributed by atoms with van der Waals surface area (Å²) in [5.41, 5.74) is 9.48. The number of hydrogen-bond donors (Lipinski definition) is 3. The fraction of sp³-hybridized carbons (Fsp3) is 0.167. The van der Waals surface area contributed by atoms with E-state index in [4.69, 9.17) is 16.6 Å². The molecule has 0 aliphatic rings. The Morgan fingerprint density at radius 1 is 1.17 bits per heavy atom. The zero-order chi connectivity index (χ0) is 9.72. The lowest BCUT2D eigenvalue weighted by Crippen LogP contribution is -2.33. The molecule has 0 aliphatic heterocycles. The Hall–Kier alpha value is -1.85. The molecule has 2 amide bonds. The van der Waals surface area contributed by atoms with Crippen molar-refractivity contribution >= 4 is 17.8 Å². The molecule has 0 rings (SSSR count). The van der Waals surface area contributed by atoms with E-state index in [0.29, 0.717) is 6.08 Å². The van der Waals surface area contributed by atoms with Crippen molar-refractivity contribution < 1.29 is 19.5 Å². The number of hydrogen-bond acceptors (Lipinski definition) is 3. The van der Waals surface area contributed by atoms with Crippen LogP contribution < -0.4 is 11.5 Å². The molecule has 0 aromatic heterocycles. The van der Waals surface area contributed by atoms with E-state index in [2.05, 4.69) is 0 Å². The van der Waals surface area contributed by atoms with E-state index in [9.17, 15) is 14.4 Å². The van der Waals surface area contributed by atoms with Crippen LogP contribution in [-0.2, 0) is 14.4 Å². The number of primary amides is 2. The molecule has 5 N–H and O–H groups in total. The zero-order valence-corrected chi connectivity index (χ0v) is 6.06. The summed E-state index contributed by atoms with van der Waals surface area (Å²) in [7, 11) is 0. The highest BCUT2D eigenvalue weighted by molar-refractivity contribution is 6.01. The van der Waals surface area contributed by atoms with Crippen LogP contribution >= 0.6 is 0 Å². The molecule has 66 valence electrons. The third kappa shape index (κ3) is 3.35. The first kappa shape index (κ1) is 10.2. The van der Waals surface area contributed by atoms with Crippen molar-refractivity contribution in [1.29, 1.82) is 0 Å². The molecule has 6 nitrogen and oxygen atoms in total. The smallest absolute Gasteiger partial charge is 0.328 e. The molecule has 0 bridgehead atoms. The minimum absolute atomic E-state index is 0.639. The normalized spacial score (nSPS) is 10.4. The first-order valence-electron chi connectivity index (χ1n) is 2.95. The fourth-order valence-electron chi connectivity index (χ4n) is 0.508. The largest absolute Gasteiger partial charge is 0.478 e. The molecule has 0 saturated carbocycles.